The van der Waals surface area contributed by atoms with Crippen molar-refractivity contribution in [2.24, 2.45) is 5.92 Å². The van der Waals surface area contributed by atoms with Gasteiger partial charge in [-0.2, -0.15) is 0 Å². The zero-order valence-electron chi connectivity index (χ0n) is 9.91. The van der Waals surface area contributed by atoms with Crippen LogP contribution in [0.25, 0.3) is 0 Å². The van der Waals surface area contributed by atoms with Crippen LogP contribution < -0.4 is 5.32 Å². The molecule has 0 atom stereocenters. The fraction of sp³-hybridized carbons (Fsp3) is 0.583. The van der Waals surface area contributed by atoms with Crippen molar-refractivity contribution < 1.29 is 4.79 Å². The Labute approximate surface area is 114 Å². The number of nitrogens with one attached hydrogen (secondary N) is 1. The Kier molecular flexibility index (Phi) is 4.59. The Morgan fingerprint density at radius 2 is 2.29 bits per heavy atom. The number of piperidine rings is 1. The van der Waals surface area contributed by atoms with Gasteiger partial charge in [-0.05, 0) is 58.9 Å². The van der Waals surface area contributed by atoms with E-state index in [1.54, 1.807) is 11.3 Å². The van der Waals surface area contributed by atoms with Crippen LogP contribution in [0.2, 0.25) is 0 Å². The largest absolute Gasteiger partial charge is 0.341 e. The van der Waals surface area contributed by atoms with Gasteiger partial charge in [0.15, 0.2) is 0 Å². The molecule has 0 radical (unpaired) electrons. The number of thiophene rings is 1. The summed E-state index contributed by atoms with van der Waals surface area (Å²) in [4.78, 5) is 14.1. The minimum atomic E-state index is 0.211. The molecule has 0 bridgehead atoms. The number of nitrogens with zero attached hydrogens (tertiary/aromatic N) is 1. The van der Waals surface area contributed by atoms with Gasteiger partial charge in [0.25, 0.3) is 0 Å². The van der Waals surface area contributed by atoms with E-state index >= 15 is 0 Å². The molecule has 1 aliphatic heterocycles. The van der Waals surface area contributed by atoms with Gasteiger partial charge in [0.2, 0.25) is 5.91 Å². The van der Waals surface area contributed by atoms with Crippen molar-refractivity contribution >= 4 is 33.2 Å². The third-order valence-electron chi connectivity index (χ3n) is 3.11. The lowest BCUT2D eigenvalue weighted by Crippen LogP contribution is -2.38. The first-order chi connectivity index (χ1) is 8.16. The molecule has 1 fully saturated rings. The first-order valence-corrected chi connectivity index (χ1v) is 7.52. The van der Waals surface area contributed by atoms with Gasteiger partial charge in [-0.15, -0.1) is 11.3 Å². The minimum absolute atomic E-state index is 0.211. The Bertz CT molecular complexity index is 388. The summed E-state index contributed by atoms with van der Waals surface area (Å²) in [5.41, 5.74) is 1.20. The number of amides is 1. The zero-order chi connectivity index (χ0) is 12.3. The second-order valence-electron chi connectivity index (χ2n) is 4.48. The molecule has 1 N–H and O–H groups in total. The van der Waals surface area contributed by atoms with E-state index in [2.05, 4.69) is 32.7 Å². The Morgan fingerprint density at radius 1 is 1.59 bits per heavy atom. The highest BCUT2D eigenvalue weighted by atomic mass is 79.9. The second-order valence-corrected chi connectivity index (χ2v) is 6.77. The van der Waals surface area contributed by atoms with Crippen molar-refractivity contribution in [2.45, 2.75) is 19.4 Å². The second kappa shape index (κ2) is 5.98. The van der Waals surface area contributed by atoms with Gasteiger partial charge in [-0.3, -0.25) is 4.79 Å². The van der Waals surface area contributed by atoms with E-state index in [9.17, 15) is 4.79 Å². The van der Waals surface area contributed by atoms with Crippen LogP contribution in [0.3, 0.4) is 0 Å². The van der Waals surface area contributed by atoms with Crippen LogP contribution in [0.5, 0.6) is 0 Å². The summed E-state index contributed by atoms with van der Waals surface area (Å²) in [5, 5.41) is 5.38. The van der Waals surface area contributed by atoms with Gasteiger partial charge < -0.3 is 10.2 Å². The molecule has 1 aliphatic rings. The first kappa shape index (κ1) is 13.1. The van der Waals surface area contributed by atoms with E-state index in [1.165, 1.54) is 5.56 Å². The Morgan fingerprint density at radius 3 is 2.88 bits per heavy atom. The highest BCUT2D eigenvalue weighted by Gasteiger charge is 2.23. The molecule has 0 unspecified atom stereocenters. The molecule has 1 saturated heterocycles. The van der Waals surface area contributed by atoms with Crippen LogP contribution in [-0.2, 0) is 11.3 Å². The number of halogens is 1. The molecule has 2 heterocycles. The Balaban J connectivity index is 1.90. The zero-order valence-corrected chi connectivity index (χ0v) is 12.3. The van der Waals surface area contributed by atoms with Crippen molar-refractivity contribution in [1.29, 1.82) is 0 Å². The topological polar surface area (TPSA) is 32.3 Å². The predicted octanol–water partition coefficient (Wildman–Crippen LogP) is 2.47. The number of carbonyl (C=O) groups excluding carboxylic acids is 1. The first-order valence-electron chi connectivity index (χ1n) is 5.85. The molecule has 1 amide bonds. The van der Waals surface area contributed by atoms with Crippen molar-refractivity contribution in [1.82, 2.24) is 10.2 Å². The lowest BCUT2D eigenvalue weighted by molar-refractivity contribution is -0.135. The normalized spacial score (nSPS) is 17.1. The fourth-order valence-corrected chi connectivity index (χ4v) is 3.36. The molecule has 0 saturated carbocycles. The SMILES string of the molecule is CN(Cc1csc(Br)c1)C(=O)C1CCNCC1. The molecule has 3 nitrogen and oxygen atoms in total. The van der Waals surface area contributed by atoms with Crippen molar-refractivity contribution in [2.75, 3.05) is 20.1 Å². The molecular weight excluding hydrogens is 300 g/mol. The minimum Gasteiger partial charge on any atom is -0.341 e. The summed E-state index contributed by atoms with van der Waals surface area (Å²) in [5.74, 6) is 0.497. The monoisotopic (exact) mass is 316 g/mol. The predicted molar refractivity (Wildman–Crippen MR) is 74.1 cm³/mol. The lowest BCUT2D eigenvalue weighted by Gasteiger charge is -2.26. The molecule has 94 valence electrons. The molecule has 5 heteroatoms. The average Bonchev–Trinajstić information content (AvgIpc) is 2.75. The van der Waals surface area contributed by atoms with Crippen LogP contribution >= 0.6 is 27.3 Å². The number of rotatable bonds is 3. The summed E-state index contributed by atoms with van der Waals surface area (Å²) in [6.45, 7) is 2.65. The Hall–Kier alpha value is -0.390. The van der Waals surface area contributed by atoms with E-state index in [0.29, 0.717) is 6.54 Å². The molecular formula is C12H17BrN2OS. The van der Waals surface area contributed by atoms with Gasteiger partial charge in [-0.1, -0.05) is 0 Å². The summed E-state index contributed by atoms with van der Waals surface area (Å²) in [6.07, 6.45) is 1.94. The molecule has 0 aromatic carbocycles. The smallest absolute Gasteiger partial charge is 0.225 e. The number of hydrogen-bond donors (Lipinski definition) is 1. The number of carbonyl (C=O) groups is 1. The maximum atomic E-state index is 12.2. The van der Waals surface area contributed by atoms with E-state index in [1.807, 2.05) is 11.9 Å². The third kappa shape index (κ3) is 3.53. The van der Waals surface area contributed by atoms with E-state index < -0.39 is 0 Å². The van der Waals surface area contributed by atoms with Gasteiger partial charge in [0.1, 0.15) is 0 Å². The average molecular weight is 317 g/mol. The standard InChI is InChI=1S/C12H17BrN2OS/c1-15(7-9-6-11(13)17-8-9)12(16)10-2-4-14-5-3-10/h6,8,10,14H,2-5,7H2,1H3. The highest BCUT2D eigenvalue weighted by Crippen LogP contribution is 2.22. The van der Waals surface area contributed by atoms with Crippen LogP contribution in [0, 0.1) is 5.92 Å². The van der Waals surface area contributed by atoms with E-state index in [4.69, 9.17) is 0 Å². The van der Waals surface area contributed by atoms with Gasteiger partial charge in [-0.25, -0.2) is 0 Å². The number of hydrogen-bond acceptors (Lipinski definition) is 3. The van der Waals surface area contributed by atoms with Crippen molar-refractivity contribution in [3.05, 3.63) is 20.8 Å². The van der Waals surface area contributed by atoms with Gasteiger partial charge >= 0.3 is 0 Å². The van der Waals surface area contributed by atoms with Crippen molar-refractivity contribution in [3.8, 4) is 0 Å². The fourth-order valence-electron chi connectivity index (χ4n) is 2.16. The molecule has 0 aliphatic carbocycles. The van der Waals surface area contributed by atoms with Gasteiger partial charge in [0, 0.05) is 19.5 Å². The highest BCUT2D eigenvalue weighted by molar-refractivity contribution is 9.11. The van der Waals surface area contributed by atoms with Crippen LogP contribution in [-0.4, -0.2) is 30.9 Å². The van der Waals surface area contributed by atoms with E-state index in [0.717, 1.165) is 29.7 Å². The molecule has 0 spiro atoms. The third-order valence-corrected chi connectivity index (χ3v) is 4.66. The van der Waals surface area contributed by atoms with Crippen LogP contribution in [0.1, 0.15) is 18.4 Å². The lowest BCUT2D eigenvalue weighted by atomic mass is 9.96. The summed E-state index contributed by atoms with van der Waals surface area (Å²) in [7, 11) is 1.90. The maximum Gasteiger partial charge on any atom is 0.225 e. The van der Waals surface area contributed by atoms with Crippen molar-refractivity contribution in [3.63, 3.8) is 0 Å². The van der Waals surface area contributed by atoms with E-state index in [-0.39, 0.29) is 11.8 Å². The maximum absolute atomic E-state index is 12.2. The molecule has 1 aromatic rings. The quantitative estimate of drug-likeness (QED) is 0.929. The summed E-state index contributed by atoms with van der Waals surface area (Å²) >= 11 is 5.10. The van der Waals surface area contributed by atoms with Crippen LogP contribution in [0.4, 0.5) is 0 Å². The van der Waals surface area contributed by atoms with Crippen LogP contribution in [0.15, 0.2) is 15.2 Å². The molecule has 1 aromatic heterocycles. The van der Waals surface area contributed by atoms with Gasteiger partial charge in [0.05, 0.1) is 3.79 Å². The molecule has 17 heavy (non-hydrogen) atoms. The summed E-state index contributed by atoms with van der Waals surface area (Å²) < 4.78 is 1.12. The molecule has 2 rings (SSSR count). The summed E-state index contributed by atoms with van der Waals surface area (Å²) in [6, 6.07) is 2.08.